The molecule has 0 aromatic heterocycles. The third-order valence-corrected chi connectivity index (χ3v) is 4.27. The third-order valence-electron chi connectivity index (χ3n) is 2.65. The molecule has 0 radical (unpaired) electrons. The number of piperidine rings is 1. The quantitative estimate of drug-likeness (QED) is 0.658. The van der Waals surface area contributed by atoms with E-state index in [-0.39, 0.29) is 10.7 Å². The topological polar surface area (TPSA) is 75.4 Å². The molecular formula is C9H19N3O2S2. The molecule has 0 aromatic carbocycles. The number of nitrogens with two attached hydrogens (primary N) is 1. The highest BCUT2D eigenvalue weighted by atomic mass is 32.2. The van der Waals surface area contributed by atoms with E-state index in [1.54, 1.807) is 0 Å². The van der Waals surface area contributed by atoms with Crippen LogP contribution in [-0.4, -0.2) is 50.7 Å². The SMILES string of the molecule is CN1CCCC(CNS(=O)(=O)CC(N)=S)C1. The lowest BCUT2D eigenvalue weighted by Crippen LogP contribution is -2.40. The van der Waals surface area contributed by atoms with Crippen LogP contribution >= 0.6 is 12.2 Å². The molecule has 0 spiro atoms. The van der Waals surface area contributed by atoms with Crippen LogP contribution in [0.3, 0.4) is 0 Å². The van der Waals surface area contributed by atoms with Crippen molar-refractivity contribution < 1.29 is 8.42 Å². The minimum atomic E-state index is -3.33. The van der Waals surface area contributed by atoms with E-state index in [0.717, 1.165) is 25.9 Å². The van der Waals surface area contributed by atoms with Gasteiger partial charge in [-0.15, -0.1) is 0 Å². The van der Waals surface area contributed by atoms with Gasteiger partial charge in [-0.3, -0.25) is 0 Å². The Morgan fingerprint density at radius 2 is 2.31 bits per heavy atom. The molecule has 0 amide bonds. The monoisotopic (exact) mass is 265 g/mol. The van der Waals surface area contributed by atoms with E-state index in [9.17, 15) is 8.42 Å². The lowest BCUT2D eigenvalue weighted by atomic mass is 9.99. The van der Waals surface area contributed by atoms with Crippen molar-refractivity contribution in [3.8, 4) is 0 Å². The van der Waals surface area contributed by atoms with Crippen molar-refractivity contribution in [2.24, 2.45) is 11.7 Å². The van der Waals surface area contributed by atoms with Crippen molar-refractivity contribution >= 4 is 27.2 Å². The van der Waals surface area contributed by atoms with E-state index in [1.807, 2.05) is 0 Å². The van der Waals surface area contributed by atoms with Gasteiger partial charge in [0.15, 0.2) is 0 Å². The predicted molar refractivity (Wildman–Crippen MR) is 68.8 cm³/mol. The second-order valence-corrected chi connectivity index (χ2v) is 6.68. The van der Waals surface area contributed by atoms with Crippen molar-refractivity contribution in [3.63, 3.8) is 0 Å². The minimum Gasteiger partial charge on any atom is -0.392 e. The molecule has 1 fully saturated rings. The number of sulfonamides is 1. The Morgan fingerprint density at radius 1 is 1.62 bits per heavy atom. The number of nitrogens with zero attached hydrogens (tertiary/aromatic N) is 1. The van der Waals surface area contributed by atoms with Gasteiger partial charge in [-0.05, 0) is 32.4 Å². The van der Waals surface area contributed by atoms with E-state index < -0.39 is 10.0 Å². The highest BCUT2D eigenvalue weighted by molar-refractivity contribution is 7.92. The Kier molecular flexibility index (Phi) is 5.10. The molecule has 1 saturated heterocycles. The van der Waals surface area contributed by atoms with Crippen molar-refractivity contribution in [2.45, 2.75) is 12.8 Å². The van der Waals surface area contributed by atoms with Crippen molar-refractivity contribution in [1.82, 2.24) is 9.62 Å². The predicted octanol–water partition coefficient (Wildman–Crippen LogP) is -0.466. The fourth-order valence-corrected chi connectivity index (χ4v) is 3.35. The van der Waals surface area contributed by atoms with Crippen LogP contribution in [0.1, 0.15) is 12.8 Å². The van der Waals surface area contributed by atoms with Crippen LogP contribution in [0.4, 0.5) is 0 Å². The Balaban J connectivity index is 2.36. The Bertz CT molecular complexity index is 343. The number of hydrogen-bond donors (Lipinski definition) is 2. The van der Waals surface area contributed by atoms with Crippen LogP contribution in [0.15, 0.2) is 0 Å². The molecule has 1 aliphatic heterocycles. The van der Waals surface area contributed by atoms with Crippen molar-refractivity contribution in [3.05, 3.63) is 0 Å². The van der Waals surface area contributed by atoms with Crippen LogP contribution in [0, 0.1) is 5.92 Å². The molecule has 16 heavy (non-hydrogen) atoms. The van der Waals surface area contributed by atoms with E-state index in [0.29, 0.717) is 12.5 Å². The lowest BCUT2D eigenvalue weighted by molar-refractivity contribution is 0.211. The van der Waals surface area contributed by atoms with E-state index in [2.05, 4.69) is 28.9 Å². The zero-order valence-corrected chi connectivity index (χ0v) is 11.1. The van der Waals surface area contributed by atoms with E-state index >= 15 is 0 Å². The molecule has 5 nitrogen and oxygen atoms in total. The van der Waals surface area contributed by atoms with E-state index in [1.165, 1.54) is 0 Å². The largest absolute Gasteiger partial charge is 0.392 e. The van der Waals surface area contributed by atoms with Crippen LogP contribution in [-0.2, 0) is 10.0 Å². The second-order valence-electron chi connectivity index (χ2n) is 4.34. The molecule has 1 rings (SSSR count). The molecule has 7 heteroatoms. The zero-order chi connectivity index (χ0) is 12.2. The van der Waals surface area contributed by atoms with Crippen molar-refractivity contribution in [1.29, 1.82) is 0 Å². The second kappa shape index (κ2) is 5.90. The van der Waals surface area contributed by atoms with Gasteiger partial charge in [0, 0.05) is 13.1 Å². The highest BCUT2D eigenvalue weighted by Crippen LogP contribution is 2.14. The smallest absolute Gasteiger partial charge is 0.218 e. The Labute approximate surface area is 102 Å². The molecule has 0 aromatic rings. The van der Waals surface area contributed by atoms with E-state index in [4.69, 9.17) is 5.73 Å². The molecule has 1 aliphatic rings. The van der Waals surface area contributed by atoms with Gasteiger partial charge in [-0.25, -0.2) is 13.1 Å². The standard InChI is InChI=1S/C9H19N3O2S2/c1-12-4-2-3-8(6-12)5-11-16(13,14)7-9(10)15/h8,11H,2-7H2,1H3,(H2,10,15). The average Bonchev–Trinajstić information content (AvgIpc) is 2.13. The fourth-order valence-electron chi connectivity index (χ4n) is 1.92. The molecule has 0 saturated carbocycles. The van der Waals surface area contributed by atoms with Crippen molar-refractivity contribution in [2.75, 3.05) is 32.4 Å². The first-order chi connectivity index (χ1) is 7.39. The summed E-state index contributed by atoms with van der Waals surface area (Å²) in [4.78, 5) is 2.23. The minimum absolute atomic E-state index is 0.00765. The molecule has 1 atom stereocenters. The summed E-state index contributed by atoms with van der Waals surface area (Å²) in [5.41, 5.74) is 5.21. The number of rotatable bonds is 5. The number of hydrogen-bond acceptors (Lipinski definition) is 4. The van der Waals surface area contributed by atoms with Gasteiger partial charge in [0.05, 0.1) is 4.99 Å². The summed E-state index contributed by atoms with van der Waals surface area (Å²) in [5.74, 6) is 0.130. The summed E-state index contributed by atoms with van der Waals surface area (Å²) < 4.78 is 25.5. The Morgan fingerprint density at radius 3 is 2.88 bits per heavy atom. The van der Waals surface area contributed by atoms with Gasteiger partial charge in [-0.1, -0.05) is 12.2 Å². The first-order valence-corrected chi connectivity index (χ1v) is 7.39. The van der Waals surface area contributed by atoms with Gasteiger partial charge in [-0.2, -0.15) is 0 Å². The first kappa shape index (κ1) is 13.8. The van der Waals surface area contributed by atoms with Crippen LogP contribution in [0.2, 0.25) is 0 Å². The summed E-state index contributed by atoms with van der Waals surface area (Å²) in [6, 6.07) is 0. The maximum absolute atomic E-state index is 11.5. The fraction of sp³-hybridized carbons (Fsp3) is 0.889. The molecule has 0 aliphatic carbocycles. The highest BCUT2D eigenvalue weighted by Gasteiger charge is 2.19. The first-order valence-electron chi connectivity index (χ1n) is 5.33. The molecule has 0 bridgehead atoms. The summed E-state index contributed by atoms with van der Waals surface area (Å²) in [7, 11) is -1.28. The maximum Gasteiger partial charge on any atom is 0.218 e. The summed E-state index contributed by atoms with van der Waals surface area (Å²) in [5, 5.41) is 0. The molecule has 94 valence electrons. The van der Waals surface area contributed by atoms with Gasteiger partial charge in [0.25, 0.3) is 0 Å². The number of likely N-dealkylation sites (tertiary alicyclic amines) is 1. The number of thiocarbonyl (C=S) groups is 1. The van der Waals surface area contributed by atoms with Gasteiger partial charge < -0.3 is 10.6 Å². The Hall–Kier alpha value is -0.240. The zero-order valence-electron chi connectivity index (χ0n) is 9.48. The van der Waals surface area contributed by atoms with Crippen LogP contribution < -0.4 is 10.5 Å². The van der Waals surface area contributed by atoms with Crippen LogP contribution in [0.5, 0.6) is 0 Å². The number of nitrogens with one attached hydrogen (secondary N) is 1. The summed E-state index contributed by atoms with van der Waals surface area (Å²) in [6.07, 6.45) is 2.19. The molecule has 3 N–H and O–H groups in total. The lowest BCUT2D eigenvalue weighted by Gasteiger charge is -2.29. The maximum atomic E-state index is 11.5. The van der Waals surface area contributed by atoms with Gasteiger partial charge in [0.1, 0.15) is 5.75 Å². The molecular weight excluding hydrogens is 246 g/mol. The third kappa shape index (κ3) is 5.20. The molecule has 1 heterocycles. The van der Waals surface area contributed by atoms with Crippen LogP contribution in [0.25, 0.3) is 0 Å². The van der Waals surface area contributed by atoms with Gasteiger partial charge in [0.2, 0.25) is 10.0 Å². The van der Waals surface area contributed by atoms with Gasteiger partial charge >= 0.3 is 0 Å². The summed E-state index contributed by atoms with van der Waals surface area (Å²) >= 11 is 4.58. The molecule has 1 unspecified atom stereocenters. The average molecular weight is 265 g/mol. The summed E-state index contributed by atoms with van der Waals surface area (Å²) in [6.45, 7) is 2.51. The normalized spacial score (nSPS) is 23.2.